The van der Waals surface area contributed by atoms with Gasteiger partial charge in [-0.15, -0.1) is 0 Å². The van der Waals surface area contributed by atoms with E-state index in [2.05, 4.69) is 6.58 Å². The second-order valence-corrected chi connectivity index (χ2v) is 3.97. The van der Waals surface area contributed by atoms with E-state index in [-0.39, 0.29) is 0 Å². The molecule has 2 aromatic carbocycles. The van der Waals surface area contributed by atoms with Crippen molar-refractivity contribution < 1.29 is 8.78 Å². The molecule has 0 atom stereocenters. The summed E-state index contributed by atoms with van der Waals surface area (Å²) in [7, 11) is 0. The van der Waals surface area contributed by atoms with E-state index in [4.69, 9.17) is 11.6 Å². The summed E-state index contributed by atoms with van der Waals surface area (Å²) >= 11 is 5.99. The molecule has 0 nitrogen and oxygen atoms in total. The smallest absolute Gasteiger partial charge is 0.123 e. The second-order valence-electron chi connectivity index (χ2n) is 3.56. The quantitative estimate of drug-likeness (QED) is 0.709. The van der Waals surface area contributed by atoms with Crippen molar-refractivity contribution in [2.75, 3.05) is 0 Å². The summed E-state index contributed by atoms with van der Waals surface area (Å²) in [6, 6.07) is 8.22. The van der Waals surface area contributed by atoms with E-state index in [0.29, 0.717) is 21.7 Å². The van der Waals surface area contributed by atoms with Crippen LogP contribution in [0, 0.1) is 11.6 Å². The van der Waals surface area contributed by atoms with Gasteiger partial charge in [-0.05, 0) is 41.5 Å². The van der Waals surface area contributed by atoms with Crippen LogP contribution in [0.3, 0.4) is 0 Å². The summed E-state index contributed by atoms with van der Waals surface area (Å²) in [6.45, 7) is 3.64. The van der Waals surface area contributed by atoms with Crippen molar-refractivity contribution in [3.63, 3.8) is 0 Å². The molecule has 0 saturated carbocycles. The summed E-state index contributed by atoms with van der Waals surface area (Å²) in [5, 5.41) is 0.375. The van der Waals surface area contributed by atoms with Crippen molar-refractivity contribution in [2.24, 2.45) is 0 Å². The Kier molecular flexibility index (Phi) is 3.25. The van der Waals surface area contributed by atoms with Crippen LogP contribution >= 0.6 is 11.6 Å². The highest BCUT2D eigenvalue weighted by molar-refractivity contribution is 6.33. The first-order valence-electron chi connectivity index (χ1n) is 4.99. The van der Waals surface area contributed by atoms with Crippen LogP contribution in [0.4, 0.5) is 8.78 Å². The van der Waals surface area contributed by atoms with Crippen LogP contribution < -0.4 is 0 Å². The SMILES string of the molecule is C=Cc1ccc(F)cc1-c1cc(F)ccc1Cl. The first-order valence-corrected chi connectivity index (χ1v) is 5.37. The molecule has 0 amide bonds. The molecule has 2 aromatic rings. The fourth-order valence-electron chi connectivity index (χ4n) is 1.64. The summed E-state index contributed by atoms with van der Waals surface area (Å²) in [4.78, 5) is 0. The fraction of sp³-hybridized carbons (Fsp3) is 0. The van der Waals surface area contributed by atoms with Crippen molar-refractivity contribution in [3.8, 4) is 11.1 Å². The van der Waals surface area contributed by atoms with Gasteiger partial charge in [-0.1, -0.05) is 30.3 Å². The first kappa shape index (κ1) is 11.8. The van der Waals surface area contributed by atoms with E-state index in [1.807, 2.05) is 0 Å². The molecule has 86 valence electrons. The molecule has 0 unspecified atom stereocenters. The lowest BCUT2D eigenvalue weighted by molar-refractivity contribution is 0.626. The van der Waals surface area contributed by atoms with Crippen LogP contribution in [0.2, 0.25) is 5.02 Å². The molecule has 0 N–H and O–H groups in total. The van der Waals surface area contributed by atoms with Gasteiger partial charge in [0.1, 0.15) is 11.6 Å². The van der Waals surface area contributed by atoms with Crippen LogP contribution in [-0.2, 0) is 0 Å². The lowest BCUT2D eigenvalue weighted by Gasteiger charge is -2.08. The van der Waals surface area contributed by atoms with E-state index in [1.54, 1.807) is 12.1 Å². The highest BCUT2D eigenvalue weighted by Gasteiger charge is 2.09. The van der Waals surface area contributed by atoms with Gasteiger partial charge in [0.05, 0.1) is 0 Å². The van der Waals surface area contributed by atoms with Gasteiger partial charge >= 0.3 is 0 Å². The standard InChI is InChI=1S/C14H9ClF2/c1-2-9-3-4-10(16)7-12(9)13-8-11(17)5-6-14(13)15/h2-8H,1H2. The van der Waals surface area contributed by atoms with Crippen LogP contribution in [0.1, 0.15) is 5.56 Å². The zero-order valence-electron chi connectivity index (χ0n) is 8.88. The Morgan fingerprint density at radius 2 is 1.53 bits per heavy atom. The molecule has 0 aromatic heterocycles. The van der Waals surface area contributed by atoms with Crippen molar-refractivity contribution in [1.29, 1.82) is 0 Å². The molecular formula is C14H9ClF2. The Bertz CT molecular complexity index is 576. The Morgan fingerprint density at radius 3 is 2.18 bits per heavy atom. The van der Waals surface area contributed by atoms with Crippen molar-refractivity contribution >= 4 is 17.7 Å². The second kappa shape index (κ2) is 4.68. The third kappa shape index (κ3) is 2.37. The molecule has 0 aliphatic carbocycles. The summed E-state index contributed by atoms with van der Waals surface area (Å²) in [5.41, 5.74) is 1.70. The van der Waals surface area contributed by atoms with E-state index >= 15 is 0 Å². The average Bonchev–Trinajstić information content (AvgIpc) is 2.32. The Balaban J connectivity index is 2.70. The Labute approximate surface area is 103 Å². The molecule has 0 fully saturated rings. The predicted molar refractivity (Wildman–Crippen MR) is 66.9 cm³/mol. The maximum absolute atomic E-state index is 13.2. The minimum absolute atomic E-state index is 0.375. The van der Waals surface area contributed by atoms with Gasteiger partial charge in [-0.2, -0.15) is 0 Å². The molecule has 0 aliphatic heterocycles. The van der Waals surface area contributed by atoms with Crippen LogP contribution in [0.15, 0.2) is 43.0 Å². The molecule has 0 spiro atoms. The summed E-state index contributed by atoms with van der Waals surface area (Å²) < 4.78 is 26.4. The lowest BCUT2D eigenvalue weighted by atomic mass is 9.99. The van der Waals surface area contributed by atoms with Crippen molar-refractivity contribution in [1.82, 2.24) is 0 Å². The fourth-order valence-corrected chi connectivity index (χ4v) is 1.86. The Morgan fingerprint density at radius 1 is 0.941 bits per heavy atom. The van der Waals surface area contributed by atoms with Gasteiger partial charge in [0, 0.05) is 10.6 Å². The number of hydrogen-bond donors (Lipinski definition) is 0. The summed E-state index contributed by atoms with van der Waals surface area (Å²) in [6.07, 6.45) is 1.58. The first-order chi connectivity index (χ1) is 8.11. The van der Waals surface area contributed by atoms with E-state index < -0.39 is 11.6 Å². The molecular weight excluding hydrogens is 242 g/mol. The van der Waals surface area contributed by atoms with Gasteiger partial charge < -0.3 is 0 Å². The predicted octanol–water partition coefficient (Wildman–Crippen LogP) is 4.93. The number of benzene rings is 2. The molecule has 0 radical (unpaired) electrons. The molecule has 0 heterocycles. The average molecular weight is 251 g/mol. The normalized spacial score (nSPS) is 10.3. The van der Waals surface area contributed by atoms with Gasteiger partial charge in [0.15, 0.2) is 0 Å². The van der Waals surface area contributed by atoms with Crippen molar-refractivity contribution in [3.05, 3.63) is 65.2 Å². The van der Waals surface area contributed by atoms with Crippen molar-refractivity contribution in [2.45, 2.75) is 0 Å². The highest BCUT2D eigenvalue weighted by atomic mass is 35.5. The van der Waals surface area contributed by atoms with Crippen LogP contribution in [-0.4, -0.2) is 0 Å². The monoisotopic (exact) mass is 250 g/mol. The van der Waals surface area contributed by atoms with E-state index in [1.165, 1.54) is 30.3 Å². The third-order valence-corrected chi connectivity index (χ3v) is 2.78. The maximum Gasteiger partial charge on any atom is 0.123 e. The van der Waals surface area contributed by atoms with E-state index in [9.17, 15) is 8.78 Å². The van der Waals surface area contributed by atoms with Crippen LogP contribution in [0.25, 0.3) is 17.2 Å². The molecule has 3 heteroatoms. The molecule has 0 aliphatic rings. The number of hydrogen-bond acceptors (Lipinski definition) is 0. The molecule has 17 heavy (non-hydrogen) atoms. The van der Waals surface area contributed by atoms with Gasteiger partial charge in [0.2, 0.25) is 0 Å². The zero-order valence-corrected chi connectivity index (χ0v) is 9.64. The van der Waals surface area contributed by atoms with E-state index in [0.717, 1.165) is 0 Å². The highest BCUT2D eigenvalue weighted by Crippen LogP contribution is 2.32. The Hall–Kier alpha value is -1.67. The third-order valence-electron chi connectivity index (χ3n) is 2.45. The van der Waals surface area contributed by atoms with Gasteiger partial charge in [-0.25, -0.2) is 8.78 Å². The van der Waals surface area contributed by atoms with Gasteiger partial charge in [-0.3, -0.25) is 0 Å². The number of rotatable bonds is 2. The molecule has 2 rings (SSSR count). The molecule has 0 saturated heterocycles. The van der Waals surface area contributed by atoms with Crippen LogP contribution in [0.5, 0.6) is 0 Å². The number of halogens is 3. The lowest BCUT2D eigenvalue weighted by Crippen LogP contribution is -1.88. The largest absolute Gasteiger partial charge is 0.207 e. The summed E-state index contributed by atoms with van der Waals surface area (Å²) in [5.74, 6) is -0.811. The van der Waals surface area contributed by atoms with Gasteiger partial charge in [0.25, 0.3) is 0 Å². The maximum atomic E-state index is 13.2. The minimum Gasteiger partial charge on any atom is -0.207 e. The zero-order chi connectivity index (χ0) is 12.4. The topological polar surface area (TPSA) is 0 Å². The molecule has 0 bridgehead atoms. The minimum atomic E-state index is -0.413.